The van der Waals surface area contributed by atoms with Gasteiger partial charge >= 0.3 is 5.97 Å². The monoisotopic (exact) mass is 308 g/mol. The molecule has 6 nitrogen and oxygen atoms in total. The summed E-state index contributed by atoms with van der Waals surface area (Å²) < 4.78 is 28.1. The first-order valence-electron chi connectivity index (χ1n) is 6.92. The second kappa shape index (κ2) is 5.14. The molecule has 0 amide bonds. The molecule has 1 N–H and O–H groups in total. The van der Waals surface area contributed by atoms with Gasteiger partial charge in [-0.1, -0.05) is 12.1 Å². The zero-order valence-corrected chi connectivity index (χ0v) is 12.2. The van der Waals surface area contributed by atoms with Crippen molar-refractivity contribution in [1.29, 1.82) is 0 Å². The maximum absolute atomic E-state index is 12.1. The van der Waals surface area contributed by atoms with Crippen LogP contribution in [0.25, 0.3) is 0 Å². The number of likely N-dealkylation sites (tertiary alicyclic amines) is 1. The summed E-state index contributed by atoms with van der Waals surface area (Å²) in [5.74, 6) is -0.474. The average Bonchev–Trinajstić information content (AvgIpc) is 2.71. The molecule has 21 heavy (non-hydrogen) atoms. The Morgan fingerprint density at radius 1 is 1.33 bits per heavy atom. The fourth-order valence-corrected chi connectivity index (χ4v) is 4.21. The number of sulfonamides is 1. The molecule has 1 unspecified atom stereocenters. The van der Waals surface area contributed by atoms with Gasteiger partial charge in [-0.05, 0) is 31.4 Å². The molecule has 0 radical (unpaired) electrons. The Bertz CT molecular complexity index is 711. The van der Waals surface area contributed by atoms with Gasteiger partial charge < -0.3 is 10.0 Å². The molecule has 0 aromatic heterocycles. The minimum Gasteiger partial charge on any atom is -0.481 e. The number of benzene rings is 1. The number of carboxylic acids is 1. The van der Waals surface area contributed by atoms with Crippen LogP contribution in [-0.4, -0.2) is 42.8 Å². The molecule has 1 fully saturated rings. The van der Waals surface area contributed by atoms with Crippen molar-refractivity contribution in [1.82, 2.24) is 4.90 Å². The van der Waals surface area contributed by atoms with Gasteiger partial charge in [0.25, 0.3) is 10.0 Å². The van der Waals surface area contributed by atoms with Gasteiger partial charge in [-0.15, -0.1) is 4.40 Å². The smallest absolute Gasteiger partial charge is 0.305 e. The molecule has 1 atom stereocenters. The third-order valence-electron chi connectivity index (χ3n) is 3.92. The lowest BCUT2D eigenvalue weighted by Crippen LogP contribution is -2.44. The van der Waals surface area contributed by atoms with Crippen molar-refractivity contribution in [2.75, 3.05) is 6.54 Å². The van der Waals surface area contributed by atoms with Gasteiger partial charge in [0.2, 0.25) is 0 Å². The third kappa shape index (κ3) is 2.53. The molecule has 0 aliphatic carbocycles. The Kier molecular flexibility index (Phi) is 3.44. The van der Waals surface area contributed by atoms with Gasteiger partial charge in [-0.2, -0.15) is 8.42 Å². The lowest BCUT2D eigenvalue weighted by atomic mass is 9.98. The van der Waals surface area contributed by atoms with E-state index in [1.54, 1.807) is 18.2 Å². The van der Waals surface area contributed by atoms with Gasteiger partial charge in [0.1, 0.15) is 4.90 Å². The molecule has 112 valence electrons. The number of hydrogen-bond donors (Lipinski definition) is 1. The Hall–Kier alpha value is -1.89. The standard InChI is InChI=1S/C14H16N2O4S/c17-13(18)9-10-5-3-4-8-16(10)14-11-6-1-2-7-12(11)21(19,20)15-14/h1-2,6-7,10H,3-5,8-9H2,(H,17,18). The Labute approximate surface area is 123 Å². The molecule has 7 heteroatoms. The van der Waals surface area contributed by atoms with Crippen molar-refractivity contribution in [3.05, 3.63) is 29.8 Å². The van der Waals surface area contributed by atoms with Crippen LogP contribution in [0.4, 0.5) is 0 Å². The molecule has 1 aromatic rings. The Balaban J connectivity index is 2.01. The topological polar surface area (TPSA) is 87.0 Å². The molecule has 2 heterocycles. The van der Waals surface area contributed by atoms with Gasteiger partial charge in [0.05, 0.1) is 6.42 Å². The predicted molar refractivity (Wildman–Crippen MR) is 76.8 cm³/mol. The van der Waals surface area contributed by atoms with E-state index in [0.29, 0.717) is 17.9 Å². The van der Waals surface area contributed by atoms with Crippen LogP contribution in [0.1, 0.15) is 31.2 Å². The van der Waals surface area contributed by atoms with Crippen molar-refractivity contribution in [3.63, 3.8) is 0 Å². The SMILES string of the molecule is O=C(O)CC1CCCCN1C1=NS(=O)(=O)c2ccccc21. The van der Waals surface area contributed by atoms with Crippen LogP contribution in [0.2, 0.25) is 0 Å². The summed E-state index contributed by atoms with van der Waals surface area (Å²) in [6.07, 6.45) is 2.61. The fourth-order valence-electron chi connectivity index (χ4n) is 2.99. The maximum atomic E-state index is 12.1. The normalized spacial score (nSPS) is 23.5. The van der Waals surface area contributed by atoms with Crippen molar-refractivity contribution in [2.24, 2.45) is 4.40 Å². The van der Waals surface area contributed by atoms with Gasteiger partial charge in [0, 0.05) is 18.2 Å². The molecule has 0 bridgehead atoms. The predicted octanol–water partition coefficient (Wildman–Crippen LogP) is 1.46. The first-order valence-corrected chi connectivity index (χ1v) is 8.36. The average molecular weight is 308 g/mol. The summed E-state index contributed by atoms with van der Waals surface area (Å²) in [6.45, 7) is 0.640. The molecule has 2 aliphatic rings. The summed E-state index contributed by atoms with van der Waals surface area (Å²) >= 11 is 0. The van der Waals surface area contributed by atoms with Crippen LogP contribution in [0, 0.1) is 0 Å². The lowest BCUT2D eigenvalue weighted by Gasteiger charge is -2.36. The highest BCUT2D eigenvalue weighted by molar-refractivity contribution is 7.90. The van der Waals surface area contributed by atoms with Crippen molar-refractivity contribution >= 4 is 21.8 Å². The number of piperidine rings is 1. The molecule has 3 rings (SSSR count). The summed E-state index contributed by atoms with van der Waals surface area (Å²) in [6, 6.07) is 6.50. The van der Waals surface area contributed by atoms with Crippen LogP contribution in [-0.2, 0) is 14.8 Å². The zero-order valence-electron chi connectivity index (χ0n) is 11.4. The molecule has 2 aliphatic heterocycles. The van der Waals surface area contributed by atoms with E-state index in [4.69, 9.17) is 5.11 Å². The van der Waals surface area contributed by atoms with Crippen LogP contribution >= 0.6 is 0 Å². The first kappa shape index (κ1) is 14.1. The summed E-state index contributed by atoms with van der Waals surface area (Å²) in [7, 11) is -3.66. The van der Waals surface area contributed by atoms with E-state index in [-0.39, 0.29) is 17.4 Å². The third-order valence-corrected chi connectivity index (χ3v) is 5.25. The highest BCUT2D eigenvalue weighted by Gasteiger charge is 2.35. The van der Waals surface area contributed by atoms with E-state index in [2.05, 4.69) is 4.40 Å². The molecule has 0 spiro atoms. The highest BCUT2D eigenvalue weighted by Crippen LogP contribution is 2.31. The number of carbonyl (C=O) groups is 1. The van der Waals surface area contributed by atoms with E-state index in [1.807, 2.05) is 4.90 Å². The fraction of sp³-hybridized carbons (Fsp3) is 0.429. The lowest BCUT2D eigenvalue weighted by molar-refractivity contribution is -0.138. The van der Waals surface area contributed by atoms with E-state index in [0.717, 1.165) is 19.3 Å². The molecular formula is C14H16N2O4S. The highest BCUT2D eigenvalue weighted by atomic mass is 32.2. The summed E-state index contributed by atoms with van der Waals surface area (Å²) in [5.41, 5.74) is 0.579. The molecule has 0 saturated carbocycles. The van der Waals surface area contributed by atoms with E-state index >= 15 is 0 Å². The Morgan fingerprint density at radius 3 is 2.86 bits per heavy atom. The minimum absolute atomic E-state index is 0.00122. The second-order valence-electron chi connectivity index (χ2n) is 5.33. The zero-order chi connectivity index (χ0) is 15.0. The summed E-state index contributed by atoms with van der Waals surface area (Å²) in [4.78, 5) is 13.1. The number of carboxylic acid groups (broad SMARTS) is 1. The largest absolute Gasteiger partial charge is 0.481 e. The molecular weight excluding hydrogens is 292 g/mol. The van der Waals surface area contributed by atoms with Gasteiger partial charge in [0.15, 0.2) is 5.84 Å². The van der Waals surface area contributed by atoms with Crippen LogP contribution in [0.3, 0.4) is 0 Å². The van der Waals surface area contributed by atoms with Crippen molar-refractivity contribution in [3.8, 4) is 0 Å². The van der Waals surface area contributed by atoms with Crippen molar-refractivity contribution < 1.29 is 18.3 Å². The van der Waals surface area contributed by atoms with Crippen molar-refractivity contribution in [2.45, 2.75) is 36.6 Å². The molecule has 1 aromatic carbocycles. The number of amidine groups is 1. The van der Waals surface area contributed by atoms with Crippen LogP contribution in [0.5, 0.6) is 0 Å². The number of nitrogens with zero attached hydrogens (tertiary/aromatic N) is 2. The van der Waals surface area contributed by atoms with Gasteiger partial charge in [-0.25, -0.2) is 0 Å². The van der Waals surface area contributed by atoms with E-state index in [9.17, 15) is 13.2 Å². The van der Waals surface area contributed by atoms with E-state index in [1.165, 1.54) is 6.07 Å². The second-order valence-corrected chi connectivity index (χ2v) is 6.90. The Morgan fingerprint density at radius 2 is 2.10 bits per heavy atom. The quantitative estimate of drug-likeness (QED) is 0.894. The first-order chi connectivity index (χ1) is 9.99. The van der Waals surface area contributed by atoms with Crippen LogP contribution in [0.15, 0.2) is 33.6 Å². The molecule has 1 saturated heterocycles. The number of fused-ring (bicyclic) bond motifs is 1. The van der Waals surface area contributed by atoms with E-state index < -0.39 is 16.0 Å². The number of aliphatic carboxylic acids is 1. The maximum Gasteiger partial charge on any atom is 0.305 e. The van der Waals surface area contributed by atoms with Gasteiger partial charge in [-0.3, -0.25) is 4.79 Å². The minimum atomic E-state index is -3.66. The van der Waals surface area contributed by atoms with Crippen LogP contribution < -0.4 is 0 Å². The number of hydrogen-bond acceptors (Lipinski definition) is 4. The number of rotatable bonds is 2. The summed E-state index contributed by atoms with van der Waals surface area (Å²) in [5, 5.41) is 9.04.